The van der Waals surface area contributed by atoms with Crippen molar-refractivity contribution in [2.75, 3.05) is 19.8 Å². The number of ether oxygens (including phenoxy) is 1. The van der Waals surface area contributed by atoms with Gasteiger partial charge < -0.3 is 4.74 Å². The van der Waals surface area contributed by atoms with Gasteiger partial charge in [0.05, 0.1) is 6.61 Å². The number of halogens is 7. The second-order valence-corrected chi connectivity index (χ2v) is 7.75. The number of hydrogen-bond donors (Lipinski definition) is 0. The third-order valence-corrected chi connectivity index (χ3v) is 5.87. The van der Waals surface area contributed by atoms with Crippen molar-refractivity contribution in [2.45, 2.75) is 22.9 Å². The average molecular weight is 458 g/mol. The van der Waals surface area contributed by atoms with Gasteiger partial charge in [0.2, 0.25) is 3.67 Å². The quantitative estimate of drug-likeness (QED) is 0.192. The first kappa shape index (κ1) is 20.9. The lowest BCUT2D eigenvalue weighted by Gasteiger charge is -2.23. The third kappa shape index (κ3) is 8.83. The van der Waals surface area contributed by atoms with Gasteiger partial charge in [-0.1, -0.05) is 22.6 Å². The van der Waals surface area contributed by atoms with E-state index in [1.807, 2.05) is 0 Å². The molecule has 0 aromatic rings. The van der Waals surface area contributed by atoms with Crippen molar-refractivity contribution in [3.63, 3.8) is 0 Å². The van der Waals surface area contributed by atoms with Gasteiger partial charge >= 0.3 is 25.9 Å². The molecule has 0 rings (SSSR count). The second-order valence-electron chi connectivity index (χ2n) is 3.40. The minimum absolute atomic E-state index is 0.211. The lowest BCUT2D eigenvalue weighted by atomic mass is 10.7. The molecular formula is C8H10F6IO5P. The number of esters is 1. The average Bonchev–Trinajstić information content (AvgIpc) is 2.31. The van der Waals surface area contributed by atoms with Crippen LogP contribution in [0.5, 0.6) is 0 Å². The maximum absolute atomic E-state index is 12.0. The Balaban J connectivity index is 5.06. The van der Waals surface area contributed by atoms with Crippen LogP contribution in [0.4, 0.5) is 26.3 Å². The van der Waals surface area contributed by atoms with Crippen molar-refractivity contribution in [1.29, 1.82) is 0 Å². The van der Waals surface area contributed by atoms with Gasteiger partial charge in [0.15, 0.2) is 13.2 Å². The van der Waals surface area contributed by atoms with E-state index in [0.29, 0.717) is 0 Å². The van der Waals surface area contributed by atoms with Crippen molar-refractivity contribution in [2.24, 2.45) is 0 Å². The fraction of sp³-hybridized carbons (Fsp3) is 0.875. The molecule has 0 spiro atoms. The normalized spacial score (nSPS) is 14.9. The predicted molar refractivity (Wildman–Crippen MR) is 66.1 cm³/mol. The number of hydrogen-bond acceptors (Lipinski definition) is 5. The molecule has 0 aliphatic heterocycles. The minimum Gasteiger partial charge on any atom is -0.465 e. The van der Waals surface area contributed by atoms with E-state index in [1.165, 1.54) is 6.92 Å². The first-order chi connectivity index (χ1) is 9.31. The maximum Gasteiger partial charge on any atom is 0.412 e. The van der Waals surface area contributed by atoms with Crippen LogP contribution in [0.3, 0.4) is 0 Å². The molecule has 0 fully saturated rings. The molecule has 0 bridgehead atoms. The standard InChI is InChI=1S/C8H10F6IO5P/c1-2-18-6(16)5(15)21(17,19-3-7(9,10)11)20-4-8(12,13)14/h5H,2-4H2,1H3. The molecule has 0 radical (unpaired) electrons. The van der Waals surface area contributed by atoms with E-state index in [0.717, 1.165) is 22.6 Å². The summed E-state index contributed by atoms with van der Waals surface area (Å²) in [6, 6.07) is 0. The van der Waals surface area contributed by atoms with Gasteiger partial charge in [-0.2, -0.15) is 26.3 Å². The molecule has 0 saturated heterocycles. The molecule has 0 aliphatic rings. The van der Waals surface area contributed by atoms with Gasteiger partial charge in [0.25, 0.3) is 0 Å². The molecule has 0 N–H and O–H groups in total. The van der Waals surface area contributed by atoms with Crippen LogP contribution in [-0.4, -0.2) is 41.8 Å². The molecule has 0 heterocycles. The number of alkyl halides is 7. The lowest BCUT2D eigenvalue weighted by Crippen LogP contribution is -2.26. The van der Waals surface area contributed by atoms with Crippen LogP contribution >= 0.6 is 30.2 Å². The SMILES string of the molecule is CCOC(=O)C(I)P(=O)(OCC(F)(F)F)OCC(F)(F)F. The van der Waals surface area contributed by atoms with Gasteiger partial charge in [-0.3, -0.25) is 18.4 Å². The van der Waals surface area contributed by atoms with E-state index < -0.39 is 42.8 Å². The smallest absolute Gasteiger partial charge is 0.412 e. The van der Waals surface area contributed by atoms with Crippen LogP contribution in [0.25, 0.3) is 0 Å². The first-order valence-corrected chi connectivity index (χ1v) is 7.99. The predicted octanol–water partition coefficient (Wildman–Crippen LogP) is 3.66. The molecule has 126 valence electrons. The van der Waals surface area contributed by atoms with Gasteiger partial charge in [-0.25, -0.2) is 0 Å². The summed E-state index contributed by atoms with van der Waals surface area (Å²) in [6.45, 7) is -3.11. The largest absolute Gasteiger partial charge is 0.465 e. The molecule has 1 atom stereocenters. The lowest BCUT2D eigenvalue weighted by molar-refractivity contribution is -0.166. The zero-order chi connectivity index (χ0) is 16.9. The molecule has 13 heteroatoms. The number of carbonyl (C=O) groups is 1. The fourth-order valence-electron chi connectivity index (χ4n) is 0.835. The van der Waals surface area contributed by atoms with Crippen LogP contribution in [0.1, 0.15) is 6.92 Å². The summed E-state index contributed by atoms with van der Waals surface area (Å²) >= 11 is 1.05. The minimum atomic E-state index is -5.02. The van der Waals surface area contributed by atoms with Gasteiger partial charge in [-0.05, 0) is 6.92 Å². The van der Waals surface area contributed by atoms with E-state index in [1.54, 1.807) is 0 Å². The summed E-state index contributed by atoms with van der Waals surface area (Å²) < 4.78 is 94.4. The highest BCUT2D eigenvalue weighted by Gasteiger charge is 2.46. The Morgan fingerprint density at radius 1 is 1.10 bits per heavy atom. The maximum atomic E-state index is 12.0. The summed E-state index contributed by atoms with van der Waals surface area (Å²) in [7, 11) is -5.02. The first-order valence-electron chi connectivity index (χ1n) is 5.14. The third-order valence-electron chi connectivity index (χ3n) is 1.58. The van der Waals surface area contributed by atoms with E-state index in [9.17, 15) is 35.7 Å². The van der Waals surface area contributed by atoms with E-state index in [-0.39, 0.29) is 6.61 Å². The zero-order valence-electron chi connectivity index (χ0n) is 10.3. The van der Waals surface area contributed by atoms with Crippen LogP contribution < -0.4 is 0 Å². The highest BCUT2D eigenvalue weighted by molar-refractivity contribution is 14.1. The topological polar surface area (TPSA) is 61.8 Å². The molecule has 21 heavy (non-hydrogen) atoms. The number of carbonyl (C=O) groups excluding carboxylic acids is 1. The van der Waals surface area contributed by atoms with E-state index >= 15 is 0 Å². The second kappa shape index (κ2) is 7.97. The summed E-state index contributed by atoms with van der Waals surface area (Å²) in [6.07, 6.45) is -9.91. The molecule has 1 unspecified atom stereocenters. The van der Waals surface area contributed by atoms with Crippen LogP contribution in [-0.2, 0) is 23.1 Å². The Morgan fingerprint density at radius 2 is 1.48 bits per heavy atom. The molecular weight excluding hydrogens is 448 g/mol. The monoisotopic (exact) mass is 458 g/mol. The Bertz CT molecular complexity index is 376. The molecule has 0 aromatic heterocycles. The van der Waals surface area contributed by atoms with Crippen molar-refractivity contribution in [3.05, 3.63) is 0 Å². The van der Waals surface area contributed by atoms with Crippen molar-refractivity contribution < 1.29 is 49.5 Å². The molecule has 0 aromatic carbocycles. The Morgan fingerprint density at radius 3 is 1.76 bits per heavy atom. The summed E-state index contributed by atoms with van der Waals surface area (Å²) in [5.41, 5.74) is 0. The van der Waals surface area contributed by atoms with E-state index in [4.69, 9.17) is 0 Å². The highest BCUT2D eigenvalue weighted by atomic mass is 127. The zero-order valence-corrected chi connectivity index (χ0v) is 13.4. The van der Waals surface area contributed by atoms with Crippen molar-refractivity contribution in [3.8, 4) is 0 Å². The molecule has 0 aliphatic carbocycles. The molecule has 0 amide bonds. The van der Waals surface area contributed by atoms with Crippen LogP contribution in [0.2, 0.25) is 0 Å². The Kier molecular flexibility index (Phi) is 7.95. The molecule has 0 saturated carbocycles. The number of rotatable bonds is 7. The molecule has 5 nitrogen and oxygen atoms in total. The van der Waals surface area contributed by atoms with Gasteiger partial charge in [0, 0.05) is 0 Å². The Hall–Kier alpha value is -0.0700. The van der Waals surface area contributed by atoms with Gasteiger partial charge in [0.1, 0.15) is 0 Å². The summed E-state index contributed by atoms with van der Waals surface area (Å²) in [5.74, 6) is -1.30. The van der Waals surface area contributed by atoms with Crippen LogP contribution in [0, 0.1) is 0 Å². The van der Waals surface area contributed by atoms with Crippen molar-refractivity contribution in [1.82, 2.24) is 0 Å². The van der Waals surface area contributed by atoms with Crippen molar-refractivity contribution >= 4 is 36.2 Å². The summed E-state index contributed by atoms with van der Waals surface area (Å²) in [5, 5.41) is 0. The fourth-order valence-corrected chi connectivity index (χ4v) is 3.30. The Labute approximate surface area is 129 Å². The van der Waals surface area contributed by atoms with Crippen LogP contribution in [0.15, 0.2) is 0 Å². The van der Waals surface area contributed by atoms with Gasteiger partial charge in [-0.15, -0.1) is 0 Å². The van der Waals surface area contributed by atoms with E-state index in [2.05, 4.69) is 13.8 Å². The summed E-state index contributed by atoms with van der Waals surface area (Å²) in [4.78, 5) is 11.3. The highest BCUT2D eigenvalue weighted by Crippen LogP contribution is 2.57.